The minimum Gasteiger partial charge on any atom is -0.396 e. The van der Waals surface area contributed by atoms with Crippen molar-refractivity contribution >= 4 is 35.2 Å². The second-order valence-corrected chi connectivity index (χ2v) is 4.83. The van der Waals surface area contributed by atoms with E-state index in [9.17, 15) is 4.79 Å². The lowest BCUT2D eigenvalue weighted by atomic mass is 10.2. The molecule has 1 aromatic carbocycles. The molecule has 1 aromatic rings. The average Bonchev–Trinajstić information content (AvgIpc) is 2.25. The molecule has 0 heterocycles. The first kappa shape index (κ1) is 15.0. The number of halogens is 2. The largest absolute Gasteiger partial charge is 0.396 e. The minimum atomic E-state index is -0.216. The van der Waals surface area contributed by atoms with E-state index in [1.165, 1.54) is 6.08 Å². The van der Waals surface area contributed by atoms with E-state index in [-0.39, 0.29) is 18.6 Å². The molecule has 1 amide bonds. The Balaban J connectivity index is 2.60. The Kier molecular flexibility index (Phi) is 6.19. The summed E-state index contributed by atoms with van der Waals surface area (Å²) in [7, 11) is 0. The van der Waals surface area contributed by atoms with Crippen molar-refractivity contribution in [3.05, 3.63) is 39.9 Å². The molecule has 0 fully saturated rings. The van der Waals surface area contributed by atoms with Gasteiger partial charge in [-0.15, -0.1) is 0 Å². The first-order chi connectivity index (χ1) is 8.51. The average molecular weight is 288 g/mol. The Bertz CT molecular complexity index is 426. The van der Waals surface area contributed by atoms with E-state index in [1.54, 1.807) is 24.3 Å². The molecule has 0 radical (unpaired) electrons. The number of hydrogen-bond donors (Lipinski definition) is 2. The molecule has 0 aliphatic rings. The van der Waals surface area contributed by atoms with Crippen molar-refractivity contribution in [1.29, 1.82) is 0 Å². The fourth-order valence-electron chi connectivity index (χ4n) is 1.40. The van der Waals surface area contributed by atoms with E-state index >= 15 is 0 Å². The molecular weight excluding hydrogens is 273 g/mol. The van der Waals surface area contributed by atoms with Gasteiger partial charge in [-0.3, -0.25) is 4.79 Å². The summed E-state index contributed by atoms with van der Waals surface area (Å²) >= 11 is 11.7. The molecule has 1 unspecified atom stereocenters. The van der Waals surface area contributed by atoms with E-state index in [2.05, 4.69) is 5.32 Å². The van der Waals surface area contributed by atoms with Gasteiger partial charge in [0, 0.05) is 28.8 Å². The molecule has 0 aliphatic heterocycles. The zero-order chi connectivity index (χ0) is 13.5. The summed E-state index contributed by atoms with van der Waals surface area (Å²) in [5.41, 5.74) is 0.762. The maximum absolute atomic E-state index is 11.5. The van der Waals surface area contributed by atoms with Gasteiger partial charge < -0.3 is 10.4 Å². The minimum absolute atomic E-state index is 0.0507. The lowest BCUT2D eigenvalue weighted by Crippen LogP contribution is -2.31. The highest BCUT2D eigenvalue weighted by molar-refractivity contribution is 6.34. The number of rotatable bonds is 5. The zero-order valence-electron chi connectivity index (χ0n) is 9.99. The number of amides is 1. The summed E-state index contributed by atoms with van der Waals surface area (Å²) in [5.74, 6) is -0.216. The van der Waals surface area contributed by atoms with Gasteiger partial charge in [-0.1, -0.05) is 23.2 Å². The van der Waals surface area contributed by atoms with Crippen molar-refractivity contribution in [1.82, 2.24) is 5.32 Å². The van der Waals surface area contributed by atoms with Crippen LogP contribution in [0.5, 0.6) is 0 Å². The normalized spacial score (nSPS) is 12.7. The maximum atomic E-state index is 11.5. The fourth-order valence-corrected chi connectivity index (χ4v) is 1.94. The number of carbonyl (C=O) groups is 1. The van der Waals surface area contributed by atoms with Crippen molar-refractivity contribution in [2.75, 3.05) is 6.61 Å². The number of aliphatic hydroxyl groups excluding tert-OH is 1. The summed E-state index contributed by atoms with van der Waals surface area (Å²) in [6, 6.07) is 5.00. The zero-order valence-corrected chi connectivity index (χ0v) is 11.5. The molecule has 0 spiro atoms. The predicted octanol–water partition coefficient (Wildman–Crippen LogP) is 2.89. The second kappa shape index (κ2) is 7.41. The van der Waals surface area contributed by atoms with Crippen LogP contribution in [0.4, 0.5) is 0 Å². The highest BCUT2D eigenvalue weighted by atomic mass is 35.5. The molecule has 0 saturated heterocycles. The Morgan fingerprint density at radius 2 is 2.00 bits per heavy atom. The molecule has 0 saturated carbocycles. The highest BCUT2D eigenvalue weighted by Crippen LogP contribution is 2.19. The van der Waals surface area contributed by atoms with E-state index in [0.29, 0.717) is 16.5 Å². The predicted molar refractivity (Wildman–Crippen MR) is 74.8 cm³/mol. The van der Waals surface area contributed by atoms with E-state index < -0.39 is 0 Å². The van der Waals surface area contributed by atoms with Crippen LogP contribution in [0.1, 0.15) is 18.9 Å². The third kappa shape index (κ3) is 5.54. The SMILES string of the molecule is CC(CCO)NC(=O)/C=C/c1cc(Cl)cc(Cl)c1. The summed E-state index contributed by atoms with van der Waals surface area (Å²) in [4.78, 5) is 11.5. The smallest absolute Gasteiger partial charge is 0.244 e. The summed E-state index contributed by atoms with van der Waals surface area (Å²) in [6.45, 7) is 1.88. The molecule has 2 N–H and O–H groups in total. The molecular formula is C13H15Cl2NO2. The number of carbonyl (C=O) groups excluding carboxylic acids is 1. The van der Waals surface area contributed by atoms with Crippen LogP contribution in [0.3, 0.4) is 0 Å². The first-order valence-electron chi connectivity index (χ1n) is 5.57. The van der Waals surface area contributed by atoms with Gasteiger partial charge >= 0.3 is 0 Å². The van der Waals surface area contributed by atoms with Crippen LogP contribution in [-0.4, -0.2) is 23.7 Å². The number of aliphatic hydroxyl groups is 1. The van der Waals surface area contributed by atoms with Crippen molar-refractivity contribution < 1.29 is 9.90 Å². The van der Waals surface area contributed by atoms with Crippen molar-refractivity contribution in [2.45, 2.75) is 19.4 Å². The molecule has 0 bridgehead atoms. The van der Waals surface area contributed by atoms with Crippen LogP contribution in [0.2, 0.25) is 10.0 Å². The van der Waals surface area contributed by atoms with Gasteiger partial charge in [0.15, 0.2) is 0 Å². The molecule has 98 valence electrons. The Morgan fingerprint density at radius 3 is 2.56 bits per heavy atom. The maximum Gasteiger partial charge on any atom is 0.244 e. The van der Waals surface area contributed by atoms with Gasteiger partial charge in [0.1, 0.15) is 0 Å². The fraction of sp³-hybridized carbons (Fsp3) is 0.308. The third-order valence-electron chi connectivity index (χ3n) is 2.26. The molecule has 18 heavy (non-hydrogen) atoms. The Labute approximate surface area is 116 Å². The van der Waals surface area contributed by atoms with Gasteiger partial charge in [-0.25, -0.2) is 0 Å². The van der Waals surface area contributed by atoms with E-state index in [0.717, 1.165) is 5.56 Å². The Hall–Kier alpha value is -1.03. The number of nitrogens with one attached hydrogen (secondary N) is 1. The van der Waals surface area contributed by atoms with Crippen molar-refractivity contribution in [2.24, 2.45) is 0 Å². The quantitative estimate of drug-likeness (QED) is 0.818. The van der Waals surface area contributed by atoms with Crippen molar-refractivity contribution in [3.8, 4) is 0 Å². The summed E-state index contributed by atoms with van der Waals surface area (Å²) in [6.07, 6.45) is 3.58. The molecule has 3 nitrogen and oxygen atoms in total. The third-order valence-corrected chi connectivity index (χ3v) is 2.70. The highest BCUT2D eigenvalue weighted by Gasteiger charge is 2.03. The van der Waals surface area contributed by atoms with Crippen LogP contribution in [0.15, 0.2) is 24.3 Å². The van der Waals surface area contributed by atoms with Gasteiger partial charge in [-0.2, -0.15) is 0 Å². The lowest BCUT2D eigenvalue weighted by molar-refractivity contribution is -0.117. The van der Waals surface area contributed by atoms with Gasteiger partial charge in [0.2, 0.25) is 5.91 Å². The first-order valence-corrected chi connectivity index (χ1v) is 6.32. The van der Waals surface area contributed by atoms with Gasteiger partial charge in [0.25, 0.3) is 0 Å². The van der Waals surface area contributed by atoms with Crippen LogP contribution in [-0.2, 0) is 4.79 Å². The van der Waals surface area contributed by atoms with Crippen LogP contribution < -0.4 is 5.32 Å². The van der Waals surface area contributed by atoms with E-state index in [1.807, 2.05) is 6.92 Å². The van der Waals surface area contributed by atoms with Crippen LogP contribution in [0, 0.1) is 0 Å². The van der Waals surface area contributed by atoms with Gasteiger partial charge in [0.05, 0.1) is 0 Å². The lowest BCUT2D eigenvalue weighted by Gasteiger charge is -2.09. The van der Waals surface area contributed by atoms with Crippen LogP contribution in [0.25, 0.3) is 6.08 Å². The monoisotopic (exact) mass is 287 g/mol. The molecule has 1 atom stereocenters. The number of benzene rings is 1. The molecule has 5 heteroatoms. The number of hydrogen-bond acceptors (Lipinski definition) is 2. The topological polar surface area (TPSA) is 49.3 Å². The van der Waals surface area contributed by atoms with E-state index in [4.69, 9.17) is 28.3 Å². The van der Waals surface area contributed by atoms with Crippen LogP contribution >= 0.6 is 23.2 Å². The summed E-state index contributed by atoms with van der Waals surface area (Å²) in [5, 5.41) is 12.5. The van der Waals surface area contributed by atoms with Crippen molar-refractivity contribution in [3.63, 3.8) is 0 Å². The standard InChI is InChI=1S/C13H15Cl2NO2/c1-9(4-5-17)16-13(18)3-2-10-6-11(14)8-12(15)7-10/h2-3,6-9,17H,4-5H2,1H3,(H,16,18)/b3-2+. The molecule has 0 aliphatic carbocycles. The summed E-state index contributed by atoms with van der Waals surface area (Å²) < 4.78 is 0. The molecule has 0 aromatic heterocycles. The molecule has 1 rings (SSSR count). The second-order valence-electron chi connectivity index (χ2n) is 3.96. The Morgan fingerprint density at radius 1 is 1.39 bits per heavy atom. The van der Waals surface area contributed by atoms with Gasteiger partial charge in [-0.05, 0) is 43.2 Å².